The minimum atomic E-state index is -3.73. The number of sulfonamides is 1. The smallest absolute Gasteiger partial charge is 0.263 e. The van der Waals surface area contributed by atoms with Gasteiger partial charge in [-0.3, -0.25) is 4.72 Å². The van der Waals surface area contributed by atoms with Crippen molar-refractivity contribution in [2.45, 2.75) is 18.7 Å². The van der Waals surface area contributed by atoms with E-state index in [1.165, 1.54) is 12.3 Å². The Morgan fingerprint density at radius 2 is 1.90 bits per heavy atom. The van der Waals surface area contributed by atoms with Crippen LogP contribution < -0.4 is 10.5 Å². The number of nitrogens with two attached hydrogens (primary N) is 1. The van der Waals surface area contributed by atoms with Crippen molar-refractivity contribution in [3.63, 3.8) is 0 Å². The number of rotatable bonds is 3. The monoisotopic (exact) mass is 311 g/mol. The minimum absolute atomic E-state index is 0.0325. The van der Waals surface area contributed by atoms with Crippen LogP contribution in [0.1, 0.15) is 11.1 Å². The first-order valence-electron chi connectivity index (χ1n) is 5.81. The summed E-state index contributed by atoms with van der Waals surface area (Å²) < 4.78 is 26.9. The molecule has 0 atom stereocenters. The van der Waals surface area contributed by atoms with E-state index in [0.29, 0.717) is 5.69 Å². The van der Waals surface area contributed by atoms with E-state index in [2.05, 4.69) is 9.71 Å². The average Bonchev–Trinajstić information content (AvgIpc) is 2.37. The molecule has 2 aromatic rings. The van der Waals surface area contributed by atoms with Crippen LogP contribution >= 0.6 is 11.6 Å². The molecule has 0 fully saturated rings. The Balaban J connectivity index is 2.35. The maximum atomic E-state index is 12.2. The molecule has 7 heteroatoms. The minimum Gasteiger partial charge on any atom is -0.382 e. The van der Waals surface area contributed by atoms with E-state index < -0.39 is 10.0 Å². The van der Waals surface area contributed by atoms with Crippen LogP contribution in [0.5, 0.6) is 0 Å². The van der Waals surface area contributed by atoms with Crippen molar-refractivity contribution in [2.24, 2.45) is 0 Å². The Labute approximate surface area is 122 Å². The fourth-order valence-corrected chi connectivity index (χ4v) is 2.85. The van der Waals surface area contributed by atoms with Gasteiger partial charge in [-0.25, -0.2) is 13.4 Å². The zero-order valence-electron chi connectivity index (χ0n) is 11.0. The summed E-state index contributed by atoms with van der Waals surface area (Å²) in [5, 5.41) is 0.105. The number of nitrogens with zero attached hydrogens (tertiary/aromatic N) is 1. The molecule has 0 aliphatic rings. The van der Waals surface area contributed by atoms with Gasteiger partial charge < -0.3 is 5.73 Å². The largest absolute Gasteiger partial charge is 0.382 e. The van der Waals surface area contributed by atoms with E-state index in [1.54, 1.807) is 12.1 Å². The number of pyridine rings is 1. The molecule has 20 heavy (non-hydrogen) atoms. The molecule has 0 aliphatic carbocycles. The van der Waals surface area contributed by atoms with Gasteiger partial charge in [0.1, 0.15) is 10.7 Å². The highest BCUT2D eigenvalue weighted by Gasteiger charge is 2.16. The summed E-state index contributed by atoms with van der Waals surface area (Å²) in [5.74, 6) is 0.0943. The van der Waals surface area contributed by atoms with Crippen LogP contribution in [0.3, 0.4) is 0 Å². The van der Waals surface area contributed by atoms with Crippen LogP contribution in [0.4, 0.5) is 11.5 Å². The van der Waals surface area contributed by atoms with Crippen molar-refractivity contribution < 1.29 is 8.42 Å². The Morgan fingerprint density at radius 3 is 2.50 bits per heavy atom. The Hall–Kier alpha value is -1.79. The maximum absolute atomic E-state index is 12.2. The van der Waals surface area contributed by atoms with E-state index in [4.69, 9.17) is 17.3 Å². The van der Waals surface area contributed by atoms with Crippen molar-refractivity contribution in [1.82, 2.24) is 4.98 Å². The summed E-state index contributed by atoms with van der Waals surface area (Å²) in [6.45, 7) is 3.87. The molecule has 0 unspecified atom stereocenters. The zero-order chi connectivity index (χ0) is 14.9. The third kappa shape index (κ3) is 3.02. The van der Waals surface area contributed by atoms with E-state index in [-0.39, 0.29) is 15.7 Å². The molecular weight excluding hydrogens is 298 g/mol. The number of nitrogens with one attached hydrogen (secondary N) is 1. The van der Waals surface area contributed by atoms with Gasteiger partial charge in [0.05, 0.1) is 5.02 Å². The molecule has 0 saturated heterocycles. The zero-order valence-corrected chi connectivity index (χ0v) is 12.6. The third-order valence-corrected chi connectivity index (χ3v) is 4.57. The van der Waals surface area contributed by atoms with Crippen molar-refractivity contribution >= 4 is 33.1 Å². The highest BCUT2D eigenvalue weighted by Crippen LogP contribution is 2.22. The fraction of sp³-hybridized carbons (Fsp3) is 0.154. The van der Waals surface area contributed by atoms with Gasteiger partial charge in [-0.1, -0.05) is 17.7 Å². The van der Waals surface area contributed by atoms with Gasteiger partial charge >= 0.3 is 0 Å². The van der Waals surface area contributed by atoms with Crippen LogP contribution in [0.15, 0.2) is 35.4 Å². The molecule has 2 rings (SSSR count). The van der Waals surface area contributed by atoms with E-state index in [0.717, 1.165) is 11.1 Å². The molecule has 5 nitrogen and oxygen atoms in total. The molecule has 0 saturated carbocycles. The van der Waals surface area contributed by atoms with Crippen molar-refractivity contribution in [2.75, 3.05) is 10.5 Å². The van der Waals surface area contributed by atoms with Crippen molar-refractivity contribution in [3.8, 4) is 0 Å². The van der Waals surface area contributed by atoms with Gasteiger partial charge in [0.25, 0.3) is 10.0 Å². The van der Waals surface area contributed by atoms with Crippen molar-refractivity contribution in [1.29, 1.82) is 0 Å². The fourth-order valence-electron chi connectivity index (χ4n) is 1.60. The molecule has 1 heterocycles. The van der Waals surface area contributed by atoms with Crippen LogP contribution in [-0.4, -0.2) is 13.4 Å². The van der Waals surface area contributed by atoms with E-state index in [1.807, 2.05) is 19.9 Å². The van der Waals surface area contributed by atoms with E-state index >= 15 is 0 Å². The molecule has 0 bridgehead atoms. The lowest BCUT2D eigenvalue weighted by molar-refractivity contribution is 0.601. The van der Waals surface area contributed by atoms with Crippen LogP contribution in [0.2, 0.25) is 5.02 Å². The first-order valence-corrected chi connectivity index (χ1v) is 7.67. The number of benzene rings is 1. The second-order valence-corrected chi connectivity index (χ2v) is 6.53. The Morgan fingerprint density at radius 1 is 1.20 bits per heavy atom. The molecular formula is C13H14ClN3O2S. The van der Waals surface area contributed by atoms with Gasteiger partial charge in [0.2, 0.25) is 0 Å². The molecule has 106 valence electrons. The predicted molar refractivity (Wildman–Crippen MR) is 80.4 cm³/mol. The molecule has 0 aliphatic heterocycles. The molecule has 3 N–H and O–H groups in total. The lowest BCUT2D eigenvalue weighted by Crippen LogP contribution is -2.13. The van der Waals surface area contributed by atoms with Crippen LogP contribution in [-0.2, 0) is 10.0 Å². The van der Waals surface area contributed by atoms with Gasteiger partial charge in [-0.05, 0) is 43.2 Å². The number of aromatic nitrogens is 1. The number of halogens is 1. The lowest BCUT2D eigenvalue weighted by Gasteiger charge is -2.10. The second kappa shape index (κ2) is 5.30. The number of aryl methyl sites for hydroxylation is 2. The van der Waals surface area contributed by atoms with Gasteiger partial charge in [0, 0.05) is 11.9 Å². The average molecular weight is 312 g/mol. The van der Waals surface area contributed by atoms with Crippen LogP contribution in [0, 0.1) is 13.8 Å². The SMILES string of the molecule is Cc1ccc(NS(=O)(=O)c2cnc(N)c(Cl)c2)cc1C. The summed E-state index contributed by atoms with van der Waals surface area (Å²) in [5.41, 5.74) is 8.04. The number of hydrogen-bond donors (Lipinski definition) is 2. The van der Waals surface area contributed by atoms with Crippen molar-refractivity contribution in [3.05, 3.63) is 46.6 Å². The molecule has 1 aromatic heterocycles. The summed E-state index contributed by atoms with van der Waals surface area (Å²) >= 11 is 5.79. The van der Waals surface area contributed by atoms with E-state index in [9.17, 15) is 8.42 Å². The summed E-state index contributed by atoms with van der Waals surface area (Å²) in [4.78, 5) is 3.71. The number of nitrogen functional groups attached to an aromatic ring is 1. The number of hydrogen-bond acceptors (Lipinski definition) is 4. The topological polar surface area (TPSA) is 85.1 Å². The maximum Gasteiger partial charge on any atom is 0.263 e. The van der Waals surface area contributed by atoms with Gasteiger partial charge in [-0.15, -0.1) is 0 Å². The highest BCUT2D eigenvalue weighted by molar-refractivity contribution is 7.92. The Kier molecular flexibility index (Phi) is 3.87. The normalized spacial score (nSPS) is 11.3. The second-order valence-electron chi connectivity index (χ2n) is 4.44. The first kappa shape index (κ1) is 14.6. The van der Waals surface area contributed by atoms with Gasteiger partial charge in [0.15, 0.2) is 0 Å². The molecule has 0 radical (unpaired) electrons. The summed E-state index contributed by atoms with van der Waals surface area (Å²) in [6, 6.07) is 6.58. The summed E-state index contributed by atoms with van der Waals surface area (Å²) in [6.07, 6.45) is 1.17. The number of anilines is 2. The Bertz CT molecular complexity index is 760. The third-order valence-electron chi connectivity index (χ3n) is 2.91. The first-order chi connectivity index (χ1) is 9.29. The molecule has 0 spiro atoms. The standard InChI is InChI=1S/C13H14ClN3O2S/c1-8-3-4-10(5-9(8)2)17-20(18,19)11-6-12(14)13(15)16-7-11/h3-7,17H,1-2H3,(H2,15,16). The lowest BCUT2D eigenvalue weighted by atomic mass is 10.1. The quantitative estimate of drug-likeness (QED) is 0.912. The van der Waals surface area contributed by atoms with Crippen LogP contribution in [0.25, 0.3) is 0 Å². The summed E-state index contributed by atoms with van der Waals surface area (Å²) in [7, 11) is -3.73. The van der Waals surface area contributed by atoms with Gasteiger partial charge in [-0.2, -0.15) is 0 Å². The molecule has 0 amide bonds. The highest BCUT2D eigenvalue weighted by atomic mass is 35.5. The predicted octanol–water partition coefficient (Wildman–Crippen LogP) is 2.73. The molecule has 1 aromatic carbocycles.